The lowest BCUT2D eigenvalue weighted by Gasteiger charge is -2.36. The minimum absolute atomic E-state index is 0.0363. The Hall–Kier alpha value is -0.170. The summed E-state index contributed by atoms with van der Waals surface area (Å²) in [5, 5.41) is 5.20. The Morgan fingerprint density at radius 2 is 1.72 bits per heavy atom. The zero-order chi connectivity index (χ0) is 13.5. The predicted molar refractivity (Wildman–Crippen MR) is 70.8 cm³/mol. The number of hydrogen-bond acceptors (Lipinski definition) is 4. The molecular weight excluding hydrogens is 254 g/mol. The van der Waals surface area contributed by atoms with E-state index in [0.29, 0.717) is 26.4 Å². The first-order valence-electron chi connectivity index (χ1n) is 6.63. The van der Waals surface area contributed by atoms with Gasteiger partial charge in [0.05, 0.1) is 25.6 Å². The van der Waals surface area contributed by atoms with Gasteiger partial charge < -0.3 is 9.47 Å². The fraction of sp³-hybridized carbons (Fsp3) is 1.00. The van der Waals surface area contributed by atoms with Crippen LogP contribution in [0.1, 0.15) is 39.0 Å². The number of nitrogens with two attached hydrogens (primary N) is 1. The molecule has 0 aromatic carbocycles. The lowest BCUT2D eigenvalue weighted by molar-refractivity contribution is 0.00118. The average Bonchev–Trinajstić information content (AvgIpc) is 2.27. The largest absolute Gasteiger partial charge is 0.379 e. The highest BCUT2D eigenvalue weighted by atomic mass is 32.2. The zero-order valence-corrected chi connectivity index (χ0v) is 12.0. The monoisotopic (exact) mass is 279 g/mol. The van der Waals surface area contributed by atoms with Gasteiger partial charge in [-0.15, -0.1) is 0 Å². The lowest BCUT2D eigenvalue weighted by Crippen LogP contribution is -2.39. The Morgan fingerprint density at radius 1 is 1.11 bits per heavy atom. The third kappa shape index (κ3) is 6.13. The molecule has 1 fully saturated rings. The van der Waals surface area contributed by atoms with Gasteiger partial charge in [0.15, 0.2) is 0 Å². The second-order valence-electron chi connectivity index (χ2n) is 5.12. The summed E-state index contributed by atoms with van der Waals surface area (Å²) in [5.41, 5.74) is -0.280. The first-order valence-corrected chi connectivity index (χ1v) is 8.35. The highest BCUT2D eigenvalue weighted by molar-refractivity contribution is 7.89. The molecule has 2 N–H and O–H groups in total. The van der Waals surface area contributed by atoms with Crippen molar-refractivity contribution in [2.75, 3.05) is 32.2 Å². The van der Waals surface area contributed by atoms with Gasteiger partial charge in [-0.3, -0.25) is 0 Å². The van der Waals surface area contributed by atoms with E-state index in [1.54, 1.807) is 0 Å². The molecule has 0 aromatic rings. The summed E-state index contributed by atoms with van der Waals surface area (Å²) >= 11 is 0. The van der Waals surface area contributed by atoms with Crippen LogP contribution >= 0.6 is 0 Å². The molecule has 6 heteroatoms. The SMILES string of the molecule is CCOCCOCC1(CS(N)(=O)=O)CCCCC1. The van der Waals surface area contributed by atoms with E-state index in [2.05, 4.69) is 0 Å². The van der Waals surface area contributed by atoms with Gasteiger partial charge in [-0.1, -0.05) is 19.3 Å². The van der Waals surface area contributed by atoms with Crippen molar-refractivity contribution in [1.29, 1.82) is 0 Å². The van der Waals surface area contributed by atoms with Crippen LogP contribution in [0.25, 0.3) is 0 Å². The summed E-state index contributed by atoms with van der Waals surface area (Å²) in [4.78, 5) is 0. The van der Waals surface area contributed by atoms with Crippen molar-refractivity contribution in [3.63, 3.8) is 0 Å². The molecule has 18 heavy (non-hydrogen) atoms. The van der Waals surface area contributed by atoms with Crippen LogP contribution in [0.5, 0.6) is 0 Å². The van der Waals surface area contributed by atoms with E-state index in [0.717, 1.165) is 25.7 Å². The maximum Gasteiger partial charge on any atom is 0.209 e. The van der Waals surface area contributed by atoms with Crippen molar-refractivity contribution in [1.82, 2.24) is 0 Å². The summed E-state index contributed by atoms with van der Waals surface area (Å²) in [7, 11) is -3.44. The molecule has 0 unspecified atom stereocenters. The highest BCUT2D eigenvalue weighted by Gasteiger charge is 2.35. The Kier molecular flexibility index (Phi) is 6.55. The Labute approximate surface area is 110 Å². The standard InChI is InChI=1S/C12H25NO4S/c1-2-16-8-9-17-10-12(11-18(13,14)15)6-4-3-5-7-12/h2-11H2,1H3,(H2,13,14,15). The Bertz CT molecular complexity index is 323. The number of rotatable bonds is 8. The van der Waals surface area contributed by atoms with E-state index in [1.165, 1.54) is 6.42 Å². The quantitative estimate of drug-likeness (QED) is 0.679. The maximum atomic E-state index is 11.3. The fourth-order valence-corrected chi connectivity index (χ4v) is 3.84. The van der Waals surface area contributed by atoms with E-state index in [9.17, 15) is 8.42 Å². The molecule has 0 radical (unpaired) electrons. The molecule has 0 heterocycles. The van der Waals surface area contributed by atoms with Gasteiger partial charge >= 0.3 is 0 Å². The van der Waals surface area contributed by atoms with E-state index < -0.39 is 10.0 Å². The van der Waals surface area contributed by atoms with Crippen molar-refractivity contribution in [3.8, 4) is 0 Å². The van der Waals surface area contributed by atoms with Gasteiger partial charge in [-0.05, 0) is 19.8 Å². The van der Waals surface area contributed by atoms with Crippen LogP contribution < -0.4 is 5.14 Å². The molecule has 0 aliphatic heterocycles. The van der Waals surface area contributed by atoms with E-state index >= 15 is 0 Å². The molecule has 1 rings (SSSR count). The summed E-state index contributed by atoms with van der Waals surface area (Å²) in [6.45, 7) is 4.15. The highest BCUT2D eigenvalue weighted by Crippen LogP contribution is 2.37. The summed E-state index contributed by atoms with van der Waals surface area (Å²) in [6.07, 6.45) is 5.07. The van der Waals surface area contributed by atoms with Crippen molar-refractivity contribution >= 4 is 10.0 Å². The predicted octanol–water partition coefficient (Wildman–Crippen LogP) is 1.28. The van der Waals surface area contributed by atoms with Crippen LogP contribution in [0.3, 0.4) is 0 Å². The van der Waals surface area contributed by atoms with Crippen LogP contribution in [-0.4, -0.2) is 40.6 Å². The second-order valence-corrected chi connectivity index (χ2v) is 6.73. The first kappa shape index (κ1) is 15.9. The molecule has 108 valence electrons. The van der Waals surface area contributed by atoms with Gasteiger partial charge in [0.1, 0.15) is 0 Å². The van der Waals surface area contributed by atoms with E-state index in [4.69, 9.17) is 14.6 Å². The van der Waals surface area contributed by atoms with Crippen LogP contribution in [0.15, 0.2) is 0 Å². The van der Waals surface area contributed by atoms with Crippen molar-refractivity contribution in [2.45, 2.75) is 39.0 Å². The number of sulfonamides is 1. The van der Waals surface area contributed by atoms with Crippen molar-refractivity contribution in [3.05, 3.63) is 0 Å². The topological polar surface area (TPSA) is 78.6 Å². The normalized spacial score (nSPS) is 19.9. The van der Waals surface area contributed by atoms with Crippen LogP contribution in [0, 0.1) is 5.41 Å². The Morgan fingerprint density at radius 3 is 2.28 bits per heavy atom. The van der Waals surface area contributed by atoms with Crippen LogP contribution in [0.4, 0.5) is 0 Å². The third-order valence-electron chi connectivity index (χ3n) is 3.41. The van der Waals surface area contributed by atoms with E-state index in [-0.39, 0.29) is 11.2 Å². The molecular formula is C12H25NO4S. The van der Waals surface area contributed by atoms with E-state index in [1.807, 2.05) is 6.92 Å². The molecule has 1 saturated carbocycles. The van der Waals surface area contributed by atoms with Gasteiger partial charge in [-0.25, -0.2) is 13.6 Å². The summed E-state index contributed by atoms with van der Waals surface area (Å²) in [5.74, 6) is 0.0363. The number of ether oxygens (including phenoxy) is 2. The number of hydrogen-bond donors (Lipinski definition) is 1. The molecule has 0 spiro atoms. The maximum absolute atomic E-state index is 11.3. The fourth-order valence-electron chi connectivity index (χ4n) is 2.61. The molecule has 5 nitrogen and oxygen atoms in total. The second kappa shape index (κ2) is 7.43. The van der Waals surface area contributed by atoms with Gasteiger partial charge in [-0.2, -0.15) is 0 Å². The average molecular weight is 279 g/mol. The Balaban J connectivity index is 2.45. The van der Waals surface area contributed by atoms with Crippen molar-refractivity contribution in [2.24, 2.45) is 10.6 Å². The zero-order valence-electron chi connectivity index (χ0n) is 11.2. The minimum atomic E-state index is -3.44. The number of primary sulfonamides is 1. The molecule has 0 saturated heterocycles. The molecule has 0 amide bonds. The lowest BCUT2D eigenvalue weighted by atomic mass is 9.76. The van der Waals surface area contributed by atoms with Gasteiger partial charge in [0.2, 0.25) is 10.0 Å². The van der Waals surface area contributed by atoms with Crippen LogP contribution in [0.2, 0.25) is 0 Å². The molecule has 0 aromatic heterocycles. The third-order valence-corrected chi connectivity index (χ3v) is 4.42. The summed E-state index contributed by atoms with van der Waals surface area (Å²) < 4.78 is 33.4. The van der Waals surface area contributed by atoms with Crippen molar-refractivity contribution < 1.29 is 17.9 Å². The minimum Gasteiger partial charge on any atom is -0.379 e. The van der Waals surface area contributed by atoms with Gasteiger partial charge in [0, 0.05) is 12.0 Å². The molecule has 1 aliphatic carbocycles. The summed E-state index contributed by atoms with van der Waals surface area (Å²) in [6, 6.07) is 0. The molecule has 0 bridgehead atoms. The molecule has 1 aliphatic rings. The first-order chi connectivity index (χ1) is 8.47. The molecule has 0 atom stereocenters. The van der Waals surface area contributed by atoms with Gasteiger partial charge in [0.25, 0.3) is 0 Å². The van der Waals surface area contributed by atoms with Crippen LogP contribution in [-0.2, 0) is 19.5 Å². The smallest absolute Gasteiger partial charge is 0.209 e.